The highest BCUT2D eigenvalue weighted by atomic mass is 16.2. The second kappa shape index (κ2) is 7.08. The van der Waals surface area contributed by atoms with E-state index in [-0.39, 0.29) is 35.5 Å². The van der Waals surface area contributed by atoms with Crippen molar-refractivity contribution in [3.63, 3.8) is 0 Å². The van der Waals surface area contributed by atoms with Crippen LogP contribution in [0.25, 0.3) is 0 Å². The molecule has 0 radical (unpaired) electrons. The van der Waals surface area contributed by atoms with E-state index in [0.29, 0.717) is 5.56 Å². The minimum Gasteiger partial charge on any atom is -0.351 e. The lowest BCUT2D eigenvalue weighted by atomic mass is 9.87. The number of hydrogen-bond acceptors (Lipinski definition) is 2. The van der Waals surface area contributed by atoms with Crippen molar-refractivity contribution < 1.29 is 9.59 Å². The van der Waals surface area contributed by atoms with E-state index in [4.69, 9.17) is 0 Å². The third-order valence-corrected chi connectivity index (χ3v) is 3.08. The van der Waals surface area contributed by atoms with Gasteiger partial charge in [0.15, 0.2) is 5.78 Å². The van der Waals surface area contributed by atoms with Crippen LogP contribution in [0.3, 0.4) is 0 Å². The lowest BCUT2D eigenvalue weighted by Crippen LogP contribution is -2.40. The Balaban J connectivity index is 2.63. The lowest BCUT2D eigenvalue weighted by molar-refractivity contribution is -0.122. The summed E-state index contributed by atoms with van der Waals surface area (Å²) in [6.45, 7) is 12.3. The molecule has 0 unspecified atom stereocenters. The molecule has 0 aromatic heterocycles. The fourth-order valence-electron chi connectivity index (χ4n) is 2.32. The summed E-state index contributed by atoms with van der Waals surface area (Å²) in [7, 11) is 0. The molecule has 0 saturated heterocycles. The summed E-state index contributed by atoms with van der Waals surface area (Å²) >= 11 is 0. The summed E-state index contributed by atoms with van der Waals surface area (Å²) in [6.07, 6.45) is 1.42. The van der Waals surface area contributed by atoms with Crippen LogP contribution < -0.4 is 5.32 Å². The minimum atomic E-state index is -0.257. The molecule has 22 heavy (non-hydrogen) atoms. The van der Waals surface area contributed by atoms with Crippen molar-refractivity contribution >= 4 is 11.7 Å². The van der Waals surface area contributed by atoms with Gasteiger partial charge in [-0.2, -0.15) is 0 Å². The highest BCUT2D eigenvalue weighted by Crippen LogP contribution is 2.21. The Hall–Kier alpha value is -1.64. The van der Waals surface area contributed by atoms with E-state index >= 15 is 0 Å². The molecule has 0 heterocycles. The first-order chi connectivity index (χ1) is 9.96. The molecule has 1 aromatic rings. The number of nitrogens with one attached hydrogen (secondary N) is 1. The zero-order valence-electron chi connectivity index (χ0n) is 14.7. The maximum atomic E-state index is 12.3. The molecular formula is C19H29NO2. The zero-order chi connectivity index (χ0) is 17.0. The Kier molecular flexibility index (Phi) is 5.92. The number of carbonyl (C=O) groups excluding carboxylic acids is 2. The summed E-state index contributed by atoms with van der Waals surface area (Å²) in [4.78, 5) is 24.0. The second-order valence-electron chi connectivity index (χ2n) is 8.16. The molecule has 0 aliphatic heterocycles. The van der Waals surface area contributed by atoms with E-state index in [0.717, 1.165) is 12.0 Å². The van der Waals surface area contributed by atoms with Crippen LogP contribution in [0.4, 0.5) is 0 Å². The molecule has 3 nitrogen and oxygen atoms in total. The number of amides is 1. The minimum absolute atomic E-state index is 0.0276. The van der Waals surface area contributed by atoms with E-state index in [1.54, 1.807) is 0 Å². The Bertz CT molecular complexity index is 533. The van der Waals surface area contributed by atoms with Crippen LogP contribution in [0.15, 0.2) is 24.3 Å². The van der Waals surface area contributed by atoms with Crippen LogP contribution in [0.5, 0.6) is 0 Å². The first kappa shape index (κ1) is 18.4. The van der Waals surface area contributed by atoms with Gasteiger partial charge in [-0.3, -0.25) is 9.59 Å². The van der Waals surface area contributed by atoms with Crippen molar-refractivity contribution in [1.29, 1.82) is 0 Å². The van der Waals surface area contributed by atoms with Gasteiger partial charge in [0, 0.05) is 23.9 Å². The monoisotopic (exact) mass is 303 g/mol. The first-order valence-corrected chi connectivity index (χ1v) is 7.89. The number of rotatable bonds is 5. The van der Waals surface area contributed by atoms with Gasteiger partial charge in [0.05, 0.1) is 0 Å². The lowest BCUT2D eigenvalue weighted by Gasteiger charge is -2.20. The van der Waals surface area contributed by atoms with E-state index in [1.807, 2.05) is 45.0 Å². The molecule has 0 aliphatic carbocycles. The quantitative estimate of drug-likeness (QED) is 0.830. The molecule has 0 spiro atoms. The molecule has 0 bridgehead atoms. The van der Waals surface area contributed by atoms with Crippen LogP contribution in [-0.2, 0) is 11.2 Å². The molecule has 1 rings (SSSR count). The molecule has 3 heteroatoms. The van der Waals surface area contributed by atoms with Gasteiger partial charge in [0.25, 0.3) is 0 Å². The molecule has 122 valence electrons. The van der Waals surface area contributed by atoms with Gasteiger partial charge in [0.2, 0.25) is 5.91 Å². The highest BCUT2D eigenvalue weighted by molar-refractivity contribution is 5.98. The SMILES string of the molecule is CC(C)(C)Cc1cccc(C(=O)CCC(=O)NC(C)(C)C)c1. The van der Waals surface area contributed by atoms with Crippen molar-refractivity contribution in [3.05, 3.63) is 35.4 Å². The summed E-state index contributed by atoms with van der Waals surface area (Å²) in [6, 6.07) is 7.75. The largest absolute Gasteiger partial charge is 0.351 e. The van der Waals surface area contributed by atoms with Crippen LogP contribution in [0, 0.1) is 5.41 Å². The van der Waals surface area contributed by atoms with Crippen molar-refractivity contribution in [2.75, 3.05) is 0 Å². The topological polar surface area (TPSA) is 46.2 Å². The van der Waals surface area contributed by atoms with Crippen molar-refractivity contribution in [2.24, 2.45) is 5.41 Å². The number of Topliss-reactive ketones (excluding diaryl/α,β-unsaturated/α-hetero) is 1. The van der Waals surface area contributed by atoms with Gasteiger partial charge >= 0.3 is 0 Å². The Morgan fingerprint density at radius 3 is 2.18 bits per heavy atom. The van der Waals surface area contributed by atoms with Crippen LogP contribution in [-0.4, -0.2) is 17.2 Å². The molecular weight excluding hydrogens is 274 g/mol. The standard InChI is InChI=1S/C19H29NO2/c1-18(2,3)13-14-8-7-9-15(12-14)16(21)10-11-17(22)20-19(4,5)6/h7-9,12H,10-11,13H2,1-6H3,(H,20,22). The van der Waals surface area contributed by atoms with E-state index < -0.39 is 0 Å². The Morgan fingerprint density at radius 1 is 1.00 bits per heavy atom. The fourth-order valence-corrected chi connectivity index (χ4v) is 2.32. The van der Waals surface area contributed by atoms with E-state index in [9.17, 15) is 9.59 Å². The van der Waals surface area contributed by atoms with Crippen molar-refractivity contribution in [3.8, 4) is 0 Å². The normalized spacial score (nSPS) is 12.1. The predicted octanol–water partition coefficient (Wildman–Crippen LogP) is 4.15. The average Bonchev–Trinajstić information content (AvgIpc) is 2.32. The van der Waals surface area contributed by atoms with Crippen molar-refractivity contribution in [2.45, 2.75) is 66.3 Å². The molecule has 0 atom stereocenters. The van der Waals surface area contributed by atoms with Gasteiger partial charge in [-0.05, 0) is 44.2 Å². The smallest absolute Gasteiger partial charge is 0.220 e. The first-order valence-electron chi connectivity index (χ1n) is 7.89. The fraction of sp³-hybridized carbons (Fsp3) is 0.579. The number of ketones is 1. The summed E-state index contributed by atoms with van der Waals surface area (Å²) < 4.78 is 0. The third kappa shape index (κ3) is 7.39. The average molecular weight is 303 g/mol. The van der Waals surface area contributed by atoms with Crippen molar-refractivity contribution in [1.82, 2.24) is 5.32 Å². The highest BCUT2D eigenvalue weighted by Gasteiger charge is 2.16. The summed E-state index contributed by atoms with van der Waals surface area (Å²) in [5.41, 5.74) is 1.80. The molecule has 1 amide bonds. The number of benzene rings is 1. The third-order valence-electron chi connectivity index (χ3n) is 3.08. The Labute approximate surface area is 134 Å². The predicted molar refractivity (Wildman–Crippen MR) is 91.1 cm³/mol. The maximum absolute atomic E-state index is 12.3. The van der Waals surface area contributed by atoms with E-state index in [1.165, 1.54) is 0 Å². The molecule has 0 fully saturated rings. The molecule has 1 aromatic carbocycles. The number of hydrogen-bond donors (Lipinski definition) is 1. The maximum Gasteiger partial charge on any atom is 0.220 e. The molecule has 0 saturated carbocycles. The van der Waals surface area contributed by atoms with Gasteiger partial charge in [-0.15, -0.1) is 0 Å². The second-order valence-corrected chi connectivity index (χ2v) is 8.16. The van der Waals surface area contributed by atoms with Gasteiger partial charge in [0.1, 0.15) is 0 Å². The van der Waals surface area contributed by atoms with Crippen LogP contribution in [0.1, 0.15) is 70.3 Å². The van der Waals surface area contributed by atoms with Gasteiger partial charge < -0.3 is 5.32 Å². The molecule has 1 N–H and O–H groups in total. The summed E-state index contributed by atoms with van der Waals surface area (Å²) in [5.74, 6) is -0.0495. The van der Waals surface area contributed by atoms with E-state index in [2.05, 4.69) is 26.1 Å². The Morgan fingerprint density at radius 2 is 1.64 bits per heavy atom. The van der Waals surface area contributed by atoms with Gasteiger partial charge in [-0.25, -0.2) is 0 Å². The summed E-state index contributed by atoms with van der Waals surface area (Å²) in [5, 5.41) is 2.88. The zero-order valence-corrected chi connectivity index (χ0v) is 14.7. The van der Waals surface area contributed by atoms with Crippen LogP contribution in [0.2, 0.25) is 0 Å². The van der Waals surface area contributed by atoms with Gasteiger partial charge in [-0.1, -0.05) is 39.0 Å². The number of carbonyl (C=O) groups is 2. The van der Waals surface area contributed by atoms with Crippen LogP contribution >= 0.6 is 0 Å². The molecule has 0 aliphatic rings.